The Morgan fingerprint density at radius 3 is 2.86 bits per heavy atom. The molecule has 21 heavy (non-hydrogen) atoms. The Balaban J connectivity index is 2.27. The fourth-order valence-corrected chi connectivity index (χ4v) is 2.24. The molecule has 0 bridgehead atoms. The SMILES string of the molecule is Cc1c(-c2cnc3cc[nH]c3c2)[nH]c(=O)c(C(=O)O)c1O. The van der Waals surface area contributed by atoms with E-state index in [0.29, 0.717) is 11.3 Å². The Hall–Kier alpha value is -3.09. The largest absolute Gasteiger partial charge is 0.506 e. The average molecular weight is 285 g/mol. The molecule has 0 saturated heterocycles. The summed E-state index contributed by atoms with van der Waals surface area (Å²) in [6.07, 6.45) is 3.29. The van der Waals surface area contributed by atoms with Crippen molar-refractivity contribution >= 4 is 17.0 Å². The maximum Gasteiger partial charge on any atom is 0.345 e. The van der Waals surface area contributed by atoms with Crippen LogP contribution in [0.1, 0.15) is 15.9 Å². The fraction of sp³-hybridized carbons (Fsp3) is 0.0714. The lowest BCUT2D eigenvalue weighted by atomic mass is 10.0. The second kappa shape index (κ2) is 4.48. The number of aromatic nitrogens is 3. The minimum atomic E-state index is -1.47. The Morgan fingerprint density at radius 2 is 2.14 bits per heavy atom. The molecule has 0 aliphatic carbocycles. The van der Waals surface area contributed by atoms with Crippen LogP contribution in [0.3, 0.4) is 0 Å². The van der Waals surface area contributed by atoms with Crippen LogP contribution in [-0.2, 0) is 0 Å². The zero-order valence-corrected chi connectivity index (χ0v) is 11.0. The molecule has 0 fully saturated rings. The van der Waals surface area contributed by atoms with E-state index in [2.05, 4.69) is 15.0 Å². The Kier molecular flexibility index (Phi) is 2.76. The molecule has 0 aliphatic rings. The molecule has 3 aromatic heterocycles. The third-order valence-corrected chi connectivity index (χ3v) is 3.33. The van der Waals surface area contributed by atoms with E-state index in [1.807, 2.05) is 0 Å². The summed E-state index contributed by atoms with van der Waals surface area (Å²) >= 11 is 0. The van der Waals surface area contributed by atoms with Crippen molar-refractivity contribution in [1.82, 2.24) is 15.0 Å². The van der Waals surface area contributed by atoms with E-state index >= 15 is 0 Å². The number of nitrogens with one attached hydrogen (secondary N) is 2. The Bertz CT molecular complexity index is 924. The highest BCUT2D eigenvalue weighted by molar-refractivity contribution is 5.92. The minimum Gasteiger partial charge on any atom is -0.506 e. The molecule has 0 saturated carbocycles. The van der Waals surface area contributed by atoms with Crippen LogP contribution in [0, 0.1) is 6.92 Å². The number of rotatable bonds is 2. The number of pyridine rings is 2. The van der Waals surface area contributed by atoms with Crippen LogP contribution >= 0.6 is 0 Å². The summed E-state index contributed by atoms with van der Waals surface area (Å²) in [6, 6.07) is 3.57. The van der Waals surface area contributed by atoms with E-state index in [1.54, 1.807) is 24.5 Å². The molecule has 7 nitrogen and oxygen atoms in total. The summed E-state index contributed by atoms with van der Waals surface area (Å²) in [5, 5.41) is 18.9. The normalized spacial score (nSPS) is 10.9. The number of carboxylic acids is 1. The molecule has 0 spiro atoms. The molecule has 3 heterocycles. The molecule has 106 valence electrons. The quantitative estimate of drug-likeness (QED) is 0.570. The van der Waals surface area contributed by atoms with Gasteiger partial charge in [-0.25, -0.2) is 4.79 Å². The van der Waals surface area contributed by atoms with Crippen molar-refractivity contribution in [3.8, 4) is 17.0 Å². The van der Waals surface area contributed by atoms with Crippen molar-refractivity contribution in [2.75, 3.05) is 0 Å². The van der Waals surface area contributed by atoms with Crippen molar-refractivity contribution in [1.29, 1.82) is 0 Å². The van der Waals surface area contributed by atoms with E-state index in [1.165, 1.54) is 6.92 Å². The number of H-pyrrole nitrogens is 2. The van der Waals surface area contributed by atoms with E-state index in [9.17, 15) is 14.7 Å². The van der Waals surface area contributed by atoms with Crippen LogP contribution in [0.5, 0.6) is 5.75 Å². The van der Waals surface area contributed by atoms with Gasteiger partial charge in [-0.3, -0.25) is 9.78 Å². The van der Waals surface area contributed by atoms with Crippen molar-refractivity contribution in [3.05, 3.63) is 46.0 Å². The zero-order valence-electron chi connectivity index (χ0n) is 11.0. The first kappa shape index (κ1) is 12.9. The summed E-state index contributed by atoms with van der Waals surface area (Å²) in [7, 11) is 0. The average Bonchev–Trinajstić information content (AvgIpc) is 2.89. The molecule has 0 aromatic carbocycles. The zero-order chi connectivity index (χ0) is 15.1. The second-order valence-corrected chi connectivity index (χ2v) is 4.62. The van der Waals surface area contributed by atoms with Gasteiger partial charge in [0.25, 0.3) is 5.56 Å². The molecule has 3 aromatic rings. The number of fused-ring (bicyclic) bond motifs is 1. The van der Waals surface area contributed by atoms with Crippen molar-refractivity contribution < 1.29 is 15.0 Å². The third-order valence-electron chi connectivity index (χ3n) is 3.33. The lowest BCUT2D eigenvalue weighted by Gasteiger charge is -2.09. The van der Waals surface area contributed by atoms with Gasteiger partial charge in [-0.2, -0.15) is 0 Å². The molecule has 0 amide bonds. The molecular weight excluding hydrogens is 274 g/mol. The first-order chi connectivity index (χ1) is 9.99. The molecule has 0 aliphatic heterocycles. The summed E-state index contributed by atoms with van der Waals surface area (Å²) in [5.41, 5.74) is 1.22. The van der Waals surface area contributed by atoms with Gasteiger partial charge >= 0.3 is 5.97 Å². The van der Waals surface area contributed by atoms with Crippen LogP contribution in [-0.4, -0.2) is 31.1 Å². The summed E-state index contributed by atoms with van der Waals surface area (Å²) in [4.78, 5) is 32.5. The van der Waals surface area contributed by atoms with Crippen LogP contribution < -0.4 is 5.56 Å². The third kappa shape index (κ3) is 1.95. The highest BCUT2D eigenvalue weighted by Crippen LogP contribution is 2.29. The standard InChI is InChI=1S/C14H11N3O4/c1-6-11(17-13(19)10(12(6)18)14(20)21)7-4-9-8(16-5-7)2-3-15-9/h2-5,15H,1H3,(H,20,21)(H2,17,18,19). The number of carbonyl (C=O) groups is 1. The van der Waals surface area contributed by atoms with E-state index < -0.39 is 22.8 Å². The summed E-state index contributed by atoms with van der Waals surface area (Å²) in [5.74, 6) is -2.01. The maximum atomic E-state index is 11.8. The number of hydrogen-bond acceptors (Lipinski definition) is 4. The van der Waals surface area contributed by atoms with Gasteiger partial charge in [0.05, 0.1) is 16.7 Å². The van der Waals surface area contributed by atoms with Crippen LogP contribution in [0.25, 0.3) is 22.3 Å². The number of aromatic carboxylic acids is 1. The van der Waals surface area contributed by atoms with Crippen LogP contribution in [0.4, 0.5) is 0 Å². The van der Waals surface area contributed by atoms with Gasteiger partial charge in [-0.15, -0.1) is 0 Å². The number of hydrogen-bond donors (Lipinski definition) is 4. The lowest BCUT2D eigenvalue weighted by Crippen LogP contribution is -2.19. The van der Waals surface area contributed by atoms with Gasteiger partial charge in [-0.1, -0.05) is 0 Å². The number of aromatic hydroxyl groups is 1. The minimum absolute atomic E-state index is 0.278. The van der Waals surface area contributed by atoms with Gasteiger partial charge in [0.2, 0.25) is 0 Å². The smallest absolute Gasteiger partial charge is 0.345 e. The van der Waals surface area contributed by atoms with Crippen LogP contribution in [0.2, 0.25) is 0 Å². The van der Waals surface area contributed by atoms with Gasteiger partial charge in [0, 0.05) is 23.5 Å². The van der Waals surface area contributed by atoms with Crippen LogP contribution in [0.15, 0.2) is 29.3 Å². The maximum absolute atomic E-state index is 11.8. The first-order valence-electron chi connectivity index (χ1n) is 6.11. The summed E-state index contributed by atoms with van der Waals surface area (Å²) in [6.45, 7) is 1.53. The monoisotopic (exact) mass is 285 g/mol. The van der Waals surface area contributed by atoms with Gasteiger partial charge < -0.3 is 20.2 Å². The van der Waals surface area contributed by atoms with E-state index in [-0.39, 0.29) is 5.56 Å². The molecule has 3 rings (SSSR count). The lowest BCUT2D eigenvalue weighted by molar-refractivity contribution is 0.0691. The Morgan fingerprint density at radius 1 is 1.38 bits per heavy atom. The fourth-order valence-electron chi connectivity index (χ4n) is 2.24. The van der Waals surface area contributed by atoms with E-state index in [4.69, 9.17) is 5.11 Å². The topological polar surface area (TPSA) is 119 Å². The molecule has 4 N–H and O–H groups in total. The predicted molar refractivity (Wildman–Crippen MR) is 75.5 cm³/mol. The van der Waals surface area contributed by atoms with Gasteiger partial charge in [0.1, 0.15) is 5.75 Å². The second-order valence-electron chi connectivity index (χ2n) is 4.62. The number of aromatic amines is 2. The van der Waals surface area contributed by atoms with Gasteiger partial charge in [0.15, 0.2) is 5.56 Å². The Labute approximate surface area is 117 Å². The number of carboxylic acid groups (broad SMARTS) is 1. The summed E-state index contributed by atoms with van der Waals surface area (Å²) < 4.78 is 0. The first-order valence-corrected chi connectivity index (χ1v) is 6.11. The predicted octanol–water partition coefficient (Wildman–Crippen LogP) is 1.63. The molecule has 0 radical (unpaired) electrons. The van der Waals surface area contributed by atoms with Crippen molar-refractivity contribution in [3.63, 3.8) is 0 Å². The highest BCUT2D eigenvalue weighted by atomic mass is 16.4. The molecule has 0 atom stereocenters. The molecule has 0 unspecified atom stereocenters. The van der Waals surface area contributed by atoms with Gasteiger partial charge in [-0.05, 0) is 19.1 Å². The number of nitrogens with zero attached hydrogens (tertiary/aromatic N) is 1. The highest BCUT2D eigenvalue weighted by Gasteiger charge is 2.20. The van der Waals surface area contributed by atoms with E-state index in [0.717, 1.165) is 11.0 Å². The molecule has 7 heteroatoms. The molecular formula is C14H11N3O4. The van der Waals surface area contributed by atoms with Crippen molar-refractivity contribution in [2.24, 2.45) is 0 Å². The van der Waals surface area contributed by atoms with Crippen molar-refractivity contribution in [2.45, 2.75) is 6.92 Å².